The van der Waals surface area contributed by atoms with E-state index >= 15 is 0 Å². The Morgan fingerprint density at radius 2 is 1.74 bits per heavy atom. The minimum atomic E-state index is -0.453. The summed E-state index contributed by atoms with van der Waals surface area (Å²) in [6.45, 7) is 2.14. The zero-order valence-electron chi connectivity index (χ0n) is 18.4. The second-order valence-corrected chi connectivity index (χ2v) is 9.02. The van der Waals surface area contributed by atoms with E-state index in [0.29, 0.717) is 18.7 Å². The fourth-order valence-corrected chi connectivity index (χ4v) is 4.88. The van der Waals surface area contributed by atoms with E-state index in [0.717, 1.165) is 49.6 Å². The monoisotopic (exact) mass is 421 g/mol. The lowest BCUT2D eigenvalue weighted by atomic mass is 9.95. The maximum absolute atomic E-state index is 13.3. The largest absolute Gasteiger partial charge is 0.363 e. The Bertz CT molecular complexity index is 937. The first kappa shape index (κ1) is 20.2. The molecule has 1 amide bonds. The molecule has 3 heterocycles. The van der Waals surface area contributed by atoms with Crippen LogP contribution in [0.4, 0.5) is 11.6 Å². The van der Waals surface area contributed by atoms with Crippen molar-refractivity contribution in [2.45, 2.75) is 50.3 Å². The van der Waals surface area contributed by atoms with Crippen LogP contribution in [0.1, 0.15) is 42.9 Å². The van der Waals surface area contributed by atoms with E-state index in [2.05, 4.69) is 27.0 Å². The number of piperidine rings is 1. The molecule has 1 saturated carbocycles. The van der Waals surface area contributed by atoms with E-state index in [1.807, 2.05) is 42.1 Å². The minimum absolute atomic E-state index is 0.112. The normalized spacial score (nSPS) is 21.5. The minimum Gasteiger partial charge on any atom is -0.363 e. The number of hydrogen-bond acceptors (Lipinski definition) is 6. The summed E-state index contributed by atoms with van der Waals surface area (Å²) in [5.74, 6) is 2.05. The van der Waals surface area contributed by atoms with Crippen molar-refractivity contribution in [2.24, 2.45) is 0 Å². The molecule has 0 bridgehead atoms. The maximum atomic E-state index is 13.3. The van der Waals surface area contributed by atoms with Crippen LogP contribution in [0.25, 0.3) is 0 Å². The van der Waals surface area contributed by atoms with E-state index in [4.69, 9.17) is 4.74 Å². The first-order valence-corrected chi connectivity index (χ1v) is 11.4. The lowest BCUT2D eigenvalue weighted by Gasteiger charge is -2.40. The van der Waals surface area contributed by atoms with Crippen molar-refractivity contribution in [1.82, 2.24) is 14.9 Å². The van der Waals surface area contributed by atoms with Crippen LogP contribution in [0, 0.1) is 0 Å². The van der Waals surface area contributed by atoms with Gasteiger partial charge in [-0.25, -0.2) is 9.97 Å². The number of amides is 1. The summed E-state index contributed by atoms with van der Waals surface area (Å²) < 4.78 is 5.92. The highest BCUT2D eigenvalue weighted by Gasteiger charge is 2.39. The van der Waals surface area contributed by atoms with Gasteiger partial charge < -0.3 is 19.4 Å². The van der Waals surface area contributed by atoms with Crippen LogP contribution < -0.4 is 9.80 Å². The third-order valence-electron chi connectivity index (χ3n) is 6.69. The third kappa shape index (κ3) is 4.11. The summed E-state index contributed by atoms with van der Waals surface area (Å²) in [7, 11) is 4.01. The molecule has 0 spiro atoms. The molecule has 2 aromatic rings. The number of benzene rings is 1. The van der Waals surface area contributed by atoms with Gasteiger partial charge in [-0.15, -0.1) is 0 Å². The fraction of sp³-hybridized carbons (Fsp3) is 0.542. The average molecular weight is 422 g/mol. The van der Waals surface area contributed by atoms with Crippen molar-refractivity contribution < 1.29 is 9.53 Å². The molecule has 7 heteroatoms. The smallest absolute Gasteiger partial charge is 0.256 e. The second kappa shape index (κ2) is 8.46. The number of rotatable bonds is 5. The molecule has 7 nitrogen and oxygen atoms in total. The Hall–Kier alpha value is -2.67. The van der Waals surface area contributed by atoms with Gasteiger partial charge in [-0.2, -0.15) is 0 Å². The van der Waals surface area contributed by atoms with E-state index in [9.17, 15) is 4.79 Å². The van der Waals surface area contributed by atoms with Gasteiger partial charge in [-0.05, 0) is 43.2 Å². The molecule has 2 fully saturated rings. The van der Waals surface area contributed by atoms with Crippen molar-refractivity contribution in [3.8, 4) is 0 Å². The molecule has 1 aromatic heterocycles. The van der Waals surface area contributed by atoms with Crippen LogP contribution in [0.3, 0.4) is 0 Å². The predicted molar refractivity (Wildman–Crippen MR) is 120 cm³/mol. The summed E-state index contributed by atoms with van der Waals surface area (Å²) in [6.07, 6.45) is 6.43. The molecular weight excluding hydrogens is 390 g/mol. The number of anilines is 2. The average Bonchev–Trinajstić information content (AvgIpc) is 3.64. The maximum Gasteiger partial charge on any atom is 0.256 e. The van der Waals surface area contributed by atoms with Gasteiger partial charge in [-0.3, -0.25) is 4.79 Å². The zero-order chi connectivity index (χ0) is 21.4. The topological polar surface area (TPSA) is 61.8 Å². The van der Waals surface area contributed by atoms with Gasteiger partial charge in [-0.1, -0.05) is 24.3 Å². The van der Waals surface area contributed by atoms with Crippen LogP contribution in [-0.4, -0.2) is 66.7 Å². The molecule has 2 aliphatic heterocycles. The molecule has 0 radical (unpaired) electrons. The van der Waals surface area contributed by atoms with Crippen molar-refractivity contribution >= 4 is 17.5 Å². The van der Waals surface area contributed by atoms with Crippen LogP contribution in [0.15, 0.2) is 36.7 Å². The Morgan fingerprint density at radius 1 is 1.03 bits per heavy atom. The van der Waals surface area contributed by atoms with Crippen molar-refractivity contribution in [3.63, 3.8) is 0 Å². The van der Waals surface area contributed by atoms with Gasteiger partial charge in [0.1, 0.15) is 18.0 Å². The standard InChI is InChI=1S/C24H31N5O2/c1-27(2)21-15-22(26-16-25-21)29(18-7-8-18)19-9-12-28(13-10-19)24(30)23-20-6-4-3-5-17(20)11-14-31-23/h3-6,15-16,18-19,23H,7-14H2,1-2H3. The van der Waals surface area contributed by atoms with Gasteiger partial charge in [0.15, 0.2) is 6.10 Å². The number of carbonyl (C=O) groups is 1. The summed E-state index contributed by atoms with van der Waals surface area (Å²) in [4.78, 5) is 28.8. The van der Waals surface area contributed by atoms with E-state index in [1.165, 1.54) is 18.4 Å². The number of hydrogen-bond donors (Lipinski definition) is 0. The van der Waals surface area contributed by atoms with Crippen molar-refractivity contribution in [3.05, 3.63) is 47.8 Å². The fourth-order valence-electron chi connectivity index (χ4n) is 4.88. The summed E-state index contributed by atoms with van der Waals surface area (Å²) in [6, 6.07) is 11.2. The Morgan fingerprint density at radius 3 is 2.48 bits per heavy atom. The highest BCUT2D eigenvalue weighted by atomic mass is 16.5. The molecule has 1 atom stereocenters. The number of likely N-dealkylation sites (tertiary alicyclic amines) is 1. The lowest BCUT2D eigenvalue weighted by Crippen LogP contribution is -2.49. The summed E-state index contributed by atoms with van der Waals surface area (Å²) in [5, 5.41) is 0. The van der Waals surface area contributed by atoms with Crippen LogP contribution in [0.2, 0.25) is 0 Å². The number of nitrogens with zero attached hydrogens (tertiary/aromatic N) is 5. The van der Waals surface area contributed by atoms with Gasteiger partial charge in [0.05, 0.1) is 6.61 Å². The van der Waals surface area contributed by atoms with Gasteiger partial charge >= 0.3 is 0 Å². The first-order valence-electron chi connectivity index (χ1n) is 11.4. The Kier molecular flexibility index (Phi) is 5.52. The molecular formula is C24H31N5O2. The van der Waals surface area contributed by atoms with Gasteiger partial charge in [0.25, 0.3) is 5.91 Å². The molecule has 31 heavy (non-hydrogen) atoms. The predicted octanol–water partition coefficient (Wildman–Crippen LogP) is 2.82. The second-order valence-electron chi connectivity index (χ2n) is 9.02. The molecule has 1 aromatic carbocycles. The van der Waals surface area contributed by atoms with E-state index in [-0.39, 0.29) is 5.91 Å². The molecule has 1 unspecified atom stereocenters. The highest BCUT2D eigenvalue weighted by Crippen LogP contribution is 2.36. The van der Waals surface area contributed by atoms with Crippen molar-refractivity contribution in [2.75, 3.05) is 43.6 Å². The number of fused-ring (bicyclic) bond motifs is 1. The SMILES string of the molecule is CN(C)c1cc(N(C2CC2)C2CCN(C(=O)C3OCCc4ccccc43)CC2)ncn1. The van der Waals surface area contributed by atoms with Gasteiger partial charge in [0, 0.05) is 45.3 Å². The zero-order valence-corrected chi connectivity index (χ0v) is 18.4. The summed E-state index contributed by atoms with van der Waals surface area (Å²) >= 11 is 0. The number of ether oxygens (including phenoxy) is 1. The van der Waals surface area contributed by atoms with Crippen LogP contribution in [-0.2, 0) is 16.0 Å². The van der Waals surface area contributed by atoms with E-state index < -0.39 is 6.10 Å². The van der Waals surface area contributed by atoms with Crippen LogP contribution in [0.5, 0.6) is 0 Å². The van der Waals surface area contributed by atoms with Gasteiger partial charge in [0.2, 0.25) is 0 Å². The Labute approximate surface area is 184 Å². The number of aromatic nitrogens is 2. The molecule has 1 aliphatic carbocycles. The molecule has 5 rings (SSSR count). The summed E-state index contributed by atoms with van der Waals surface area (Å²) in [5.41, 5.74) is 2.28. The molecule has 164 valence electrons. The molecule has 1 saturated heterocycles. The Balaban J connectivity index is 1.28. The molecule has 0 N–H and O–H groups in total. The van der Waals surface area contributed by atoms with Crippen LogP contribution >= 0.6 is 0 Å². The van der Waals surface area contributed by atoms with E-state index in [1.54, 1.807) is 6.33 Å². The first-order chi connectivity index (χ1) is 15.1. The molecule has 3 aliphatic rings. The lowest BCUT2D eigenvalue weighted by molar-refractivity contribution is -0.146. The third-order valence-corrected chi connectivity index (χ3v) is 6.69. The number of carbonyl (C=O) groups excluding carboxylic acids is 1. The highest BCUT2D eigenvalue weighted by molar-refractivity contribution is 5.83. The van der Waals surface area contributed by atoms with Crippen molar-refractivity contribution in [1.29, 1.82) is 0 Å². The quantitative estimate of drug-likeness (QED) is 0.740.